The lowest BCUT2D eigenvalue weighted by Gasteiger charge is -2.36. The van der Waals surface area contributed by atoms with Gasteiger partial charge in [-0.3, -0.25) is 9.69 Å². The number of nitrogens with one attached hydrogen (secondary N) is 2. The number of pyridine rings is 1. The molecule has 0 bridgehead atoms. The van der Waals surface area contributed by atoms with E-state index in [4.69, 9.17) is 4.98 Å². The molecule has 1 unspecified atom stereocenters. The maximum atomic E-state index is 12.6. The Hall–Kier alpha value is -2.94. The third kappa shape index (κ3) is 5.35. The van der Waals surface area contributed by atoms with Gasteiger partial charge >= 0.3 is 6.18 Å². The highest BCUT2D eigenvalue weighted by atomic mass is 19.4. The van der Waals surface area contributed by atoms with E-state index in [0.717, 1.165) is 48.5 Å². The number of hydrogen-bond acceptors (Lipinski definition) is 4. The van der Waals surface area contributed by atoms with Crippen molar-refractivity contribution in [1.82, 2.24) is 19.9 Å². The Kier molecular flexibility index (Phi) is 6.43. The number of benzene rings is 1. The number of alkyl halides is 3. The van der Waals surface area contributed by atoms with Gasteiger partial charge in [-0.05, 0) is 88.0 Å². The Bertz CT molecular complexity index is 1100. The van der Waals surface area contributed by atoms with Gasteiger partial charge in [0.05, 0.1) is 29.0 Å². The van der Waals surface area contributed by atoms with Gasteiger partial charge < -0.3 is 10.3 Å². The summed E-state index contributed by atoms with van der Waals surface area (Å²) in [6.07, 6.45) is -0.560. The van der Waals surface area contributed by atoms with Crippen LogP contribution in [0.1, 0.15) is 54.4 Å². The van der Waals surface area contributed by atoms with Crippen LogP contribution in [0.25, 0.3) is 11.0 Å². The minimum absolute atomic E-state index is 0.152. The van der Waals surface area contributed by atoms with Gasteiger partial charge in [0.15, 0.2) is 0 Å². The van der Waals surface area contributed by atoms with Gasteiger partial charge in [-0.15, -0.1) is 0 Å². The summed E-state index contributed by atoms with van der Waals surface area (Å²) in [5.74, 6) is 1.09. The molecule has 1 amide bonds. The van der Waals surface area contributed by atoms with Crippen molar-refractivity contribution < 1.29 is 18.0 Å². The number of H-pyrrole nitrogens is 1. The molecule has 0 saturated carbocycles. The van der Waals surface area contributed by atoms with Crippen molar-refractivity contribution in [2.45, 2.75) is 51.7 Å². The average molecular weight is 460 g/mol. The first kappa shape index (κ1) is 23.2. The molecule has 0 radical (unpaired) electrons. The summed E-state index contributed by atoms with van der Waals surface area (Å²) < 4.78 is 37.9. The zero-order chi connectivity index (χ0) is 23.8. The maximum Gasteiger partial charge on any atom is 0.433 e. The van der Waals surface area contributed by atoms with Crippen molar-refractivity contribution in [3.8, 4) is 0 Å². The second-order valence-corrected chi connectivity index (χ2v) is 8.98. The van der Waals surface area contributed by atoms with Crippen molar-refractivity contribution in [2.75, 3.05) is 18.9 Å². The number of aromatic nitrogens is 3. The van der Waals surface area contributed by atoms with Crippen molar-refractivity contribution in [3.05, 3.63) is 53.1 Å². The van der Waals surface area contributed by atoms with E-state index in [-0.39, 0.29) is 17.6 Å². The molecule has 3 aromatic rings. The Morgan fingerprint density at radius 1 is 1.24 bits per heavy atom. The van der Waals surface area contributed by atoms with Gasteiger partial charge in [0.25, 0.3) is 0 Å². The van der Waals surface area contributed by atoms with E-state index in [1.807, 2.05) is 0 Å². The van der Waals surface area contributed by atoms with E-state index < -0.39 is 11.9 Å². The van der Waals surface area contributed by atoms with Crippen LogP contribution >= 0.6 is 0 Å². The lowest BCUT2D eigenvalue weighted by Crippen LogP contribution is -2.34. The van der Waals surface area contributed by atoms with Crippen LogP contribution in [0.3, 0.4) is 0 Å². The molecule has 1 fully saturated rings. The normalized spacial score (nSPS) is 19.7. The number of carbonyl (C=O) groups is 1. The fourth-order valence-electron chi connectivity index (χ4n) is 4.38. The van der Waals surface area contributed by atoms with Crippen molar-refractivity contribution in [1.29, 1.82) is 0 Å². The lowest BCUT2D eigenvalue weighted by molar-refractivity contribution is -0.141. The second kappa shape index (κ2) is 9.13. The van der Waals surface area contributed by atoms with Gasteiger partial charge in [-0.1, -0.05) is 0 Å². The molecule has 6 nitrogen and oxygen atoms in total. The van der Waals surface area contributed by atoms with Crippen molar-refractivity contribution in [3.63, 3.8) is 0 Å². The molecule has 0 spiro atoms. The summed E-state index contributed by atoms with van der Waals surface area (Å²) in [6, 6.07) is 6.48. The highest BCUT2D eigenvalue weighted by Gasteiger charge is 2.32. The minimum Gasteiger partial charge on any atom is -0.341 e. The number of fused-ring (bicyclic) bond motifs is 1. The molecule has 4 rings (SSSR count). The number of hydrogen-bond donors (Lipinski definition) is 2. The SMILES string of the molecule is Cc1cc2nc([C@H]3CC(CCC(=O)Nc4ccc(C(F)(F)F)nc4)CCN3C)[nH]c2cc1C. The second-order valence-electron chi connectivity index (χ2n) is 8.98. The molecule has 176 valence electrons. The van der Waals surface area contributed by atoms with E-state index in [1.165, 1.54) is 17.2 Å². The Morgan fingerprint density at radius 3 is 2.70 bits per heavy atom. The van der Waals surface area contributed by atoms with Gasteiger partial charge in [-0.25, -0.2) is 9.97 Å². The number of aryl methyl sites for hydroxylation is 2. The Morgan fingerprint density at radius 2 is 2.00 bits per heavy atom. The highest BCUT2D eigenvalue weighted by molar-refractivity contribution is 5.90. The quantitative estimate of drug-likeness (QED) is 0.536. The van der Waals surface area contributed by atoms with Crippen LogP contribution in [-0.4, -0.2) is 39.4 Å². The third-order valence-electron chi connectivity index (χ3n) is 6.53. The number of anilines is 1. The largest absolute Gasteiger partial charge is 0.433 e. The smallest absolute Gasteiger partial charge is 0.341 e. The van der Waals surface area contributed by atoms with Gasteiger partial charge in [0.1, 0.15) is 11.5 Å². The zero-order valence-corrected chi connectivity index (χ0v) is 19.0. The molecular weight excluding hydrogens is 431 g/mol. The monoisotopic (exact) mass is 459 g/mol. The molecule has 33 heavy (non-hydrogen) atoms. The van der Waals surface area contributed by atoms with E-state index >= 15 is 0 Å². The van der Waals surface area contributed by atoms with Crippen LogP contribution < -0.4 is 5.32 Å². The van der Waals surface area contributed by atoms with Crippen LogP contribution in [-0.2, 0) is 11.0 Å². The first-order chi connectivity index (χ1) is 15.6. The number of imidazole rings is 1. The molecule has 2 atom stereocenters. The maximum absolute atomic E-state index is 12.6. The Balaban J connectivity index is 1.35. The number of piperidine rings is 1. The predicted molar refractivity (Wildman–Crippen MR) is 121 cm³/mol. The van der Waals surface area contributed by atoms with Crippen LogP contribution in [0, 0.1) is 19.8 Å². The average Bonchev–Trinajstić information content (AvgIpc) is 3.15. The first-order valence-electron chi connectivity index (χ1n) is 11.1. The summed E-state index contributed by atoms with van der Waals surface area (Å²) >= 11 is 0. The molecule has 1 saturated heterocycles. The number of nitrogens with zero attached hydrogens (tertiary/aromatic N) is 3. The summed E-state index contributed by atoms with van der Waals surface area (Å²) in [6.45, 7) is 5.08. The van der Waals surface area contributed by atoms with Crippen LogP contribution in [0.5, 0.6) is 0 Å². The summed E-state index contributed by atoms with van der Waals surface area (Å²) in [4.78, 5) is 26.3. The molecule has 2 N–H and O–H groups in total. The molecule has 2 aromatic heterocycles. The van der Waals surface area contributed by atoms with Gasteiger partial charge in [0, 0.05) is 6.42 Å². The summed E-state index contributed by atoms with van der Waals surface area (Å²) in [7, 11) is 2.09. The lowest BCUT2D eigenvalue weighted by atomic mass is 9.87. The zero-order valence-electron chi connectivity index (χ0n) is 19.0. The fraction of sp³-hybridized carbons (Fsp3) is 0.458. The number of amides is 1. The molecule has 1 aliphatic heterocycles. The van der Waals surface area contributed by atoms with E-state index in [0.29, 0.717) is 18.8 Å². The van der Waals surface area contributed by atoms with E-state index in [2.05, 4.69) is 53.2 Å². The molecule has 3 heterocycles. The molecule has 9 heteroatoms. The van der Waals surface area contributed by atoms with Gasteiger partial charge in [-0.2, -0.15) is 13.2 Å². The summed E-state index contributed by atoms with van der Waals surface area (Å²) in [5.41, 5.74) is 3.73. The fourth-order valence-corrected chi connectivity index (χ4v) is 4.38. The van der Waals surface area contributed by atoms with Crippen LogP contribution in [0.2, 0.25) is 0 Å². The highest BCUT2D eigenvalue weighted by Crippen LogP contribution is 2.35. The molecule has 1 aliphatic rings. The number of likely N-dealkylation sites (tertiary alicyclic amines) is 1. The van der Waals surface area contributed by atoms with Crippen LogP contribution in [0.15, 0.2) is 30.5 Å². The number of carbonyl (C=O) groups excluding carboxylic acids is 1. The van der Waals surface area contributed by atoms with Crippen molar-refractivity contribution in [2.24, 2.45) is 5.92 Å². The number of aromatic amines is 1. The first-order valence-corrected chi connectivity index (χ1v) is 11.1. The standard InChI is InChI=1S/C24H28F3N5O/c1-14-10-18-19(11-15(14)2)31-23(30-18)20-12-16(8-9-32(20)3)4-7-22(33)29-17-5-6-21(28-13-17)24(25,26)27/h5-6,10-11,13,16,20H,4,7-9,12H2,1-3H3,(H,29,33)(H,30,31)/t16?,20-/m1/s1. The topological polar surface area (TPSA) is 73.9 Å². The van der Waals surface area contributed by atoms with Crippen LogP contribution in [0.4, 0.5) is 18.9 Å². The molecular formula is C24H28F3N5O. The van der Waals surface area contributed by atoms with Gasteiger partial charge in [0.2, 0.25) is 5.91 Å². The van der Waals surface area contributed by atoms with E-state index in [9.17, 15) is 18.0 Å². The molecule has 1 aromatic carbocycles. The van der Waals surface area contributed by atoms with Crippen molar-refractivity contribution >= 4 is 22.6 Å². The molecule has 0 aliphatic carbocycles. The summed E-state index contributed by atoms with van der Waals surface area (Å²) in [5, 5.41) is 2.64. The number of rotatable bonds is 5. The Labute approximate surface area is 190 Å². The third-order valence-corrected chi connectivity index (χ3v) is 6.53. The number of halogens is 3. The van der Waals surface area contributed by atoms with E-state index in [1.54, 1.807) is 0 Å². The predicted octanol–water partition coefficient (Wildman–Crippen LogP) is 5.40. The minimum atomic E-state index is -4.50.